The SMILES string of the molecule is CCNC(=NCCN(C)CCCOC)NCCS(=O)(=O)NCC1CCCCO1.I. The van der Waals surface area contributed by atoms with Gasteiger partial charge in [0.25, 0.3) is 0 Å². The number of sulfonamides is 1. The van der Waals surface area contributed by atoms with Crippen LogP contribution in [-0.4, -0.2) is 97.8 Å². The van der Waals surface area contributed by atoms with Crippen LogP contribution in [0.4, 0.5) is 0 Å². The molecule has 174 valence electrons. The number of ether oxygens (including phenoxy) is 2. The van der Waals surface area contributed by atoms with Crippen LogP contribution in [0.5, 0.6) is 0 Å². The molecule has 0 radical (unpaired) electrons. The number of guanidine groups is 1. The highest BCUT2D eigenvalue weighted by molar-refractivity contribution is 14.0. The van der Waals surface area contributed by atoms with Gasteiger partial charge in [0.15, 0.2) is 5.96 Å². The number of hydrogen-bond donors (Lipinski definition) is 3. The van der Waals surface area contributed by atoms with E-state index < -0.39 is 10.0 Å². The van der Waals surface area contributed by atoms with Gasteiger partial charge in [0.2, 0.25) is 10.0 Å². The van der Waals surface area contributed by atoms with Crippen molar-refractivity contribution in [3.8, 4) is 0 Å². The summed E-state index contributed by atoms with van der Waals surface area (Å²) in [5.41, 5.74) is 0. The first kappa shape index (κ1) is 28.8. The molecular weight excluding hydrogens is 509 g/mol. The number of hydrogen-bond acceptors (Lipinski definition) is 6. The number of nitrogens with zero attached hydrogens (tertiary/aromatic N) is 2. The topological polar surface area (TPSA) is 104 Å². The zero-order valence-electron chi connectivity index (χ0n) is 18.1. The smallest absolute Gasteiger partial charge is 0.213 e. The molecule has 0 bridgehead atoms. The molecule has 1 aliphatic rings. The van der Waals surface area contributed by atoms with Crippen molar-refractivity contribution in [1.29, 1.82) is 0 Å². The lowest BCUT2D eigenvalue weighted by Gasteiger charge is -2.22. The van der Waals surface area contributed by atoms with Gasteiger partial charge in [-0.2, -0.15) is 0 Å². The van der Waals surface area contributed by atoms with Gasteiger partial charge in [0, 0.05) is 53.0 Å². The highest BCUT2D eigenvalue weighted by atomic mass is 127. The lowest BCUT2D eigenvalue weighted by Crippen LogP contribution is -2.42. The highest BCUT2D eigenvalue weighted by Crippen LogP contribution is 2.11. The molecule has 0 saturated carbocycles. The van der Waals surface area contributed by atoms with Crippen LogP contribution in [0.3, 0.4) is 0 Å². The molecule has 0 aromatic rings. The van der Waals surface area contributed by atoms with Gasteiger partial charge in [0.1, 0.15) is 0 Å². The maximum absolute atomic E-state index is 12.2. The molecule has 3 N–H and O–H groups in total. The Morgan fingerprint density at radius 2 is 2.07 bits per heavy atom. The normalized spacial score (nSPS) is 17.8. The van der Waals surface area contributed by atoms with Crippen molar-refractivity contribution in [2.24, 2.45) is 4.99 Å². The number of aliphatic imine (C=N–C) groups is 1. The Labute approximate surface area is 193 Å². The number of methoxy groups -OCH3 is 1. The monoisotopic (exact) mass is 549 g/mol. The van der Waals surface area contributed by atoms with Crippen molar-refractivity contribution in [2.75, 3.05) is 72.4 Å². The second-order valence-corrected chi connectivity index (χ2v) is 8.92. The average Bonchev–Trinajstić information content (AvgIpc) is 2.67. The third-order valence-electron chi connectivity index (χ3n) is 4.45. The number of halogens is 1. The van der Waals surface area contributed by atoms with Crippen LogP contribution in [0.2, 0.25) is 0 Å². The predicted octanol–water partition coefficient (Wildman–Crippen LogP) is 0.616. The summed E-state index contributed by atoms with van der Waals surface area (Å²) in [6, 6.07) is 0. The third-order valence-corrected chi connectivity index (χ3v) is 5.80. The zero-order chi connectivity index (χ0) is 20.7. The Morgan fingerprint density at radius 3 is 2.72 bits per heavy atom. The van der Waals surface area contributed by atoms with Gasteiger partial charge in [-0.15, -0.1) is 24.0 Å². The Kier molecular flexibility index (Phi) is 17.3. The summed E-state index contributed by atoms with van der Waals surface area (Å²) in [6.45, 7) is 7.27. The second-order valence-electron chi connectivity index (χ2n) is 6.99. The predicted molar refractivity (Wildman–Crippen MR) is 129 cm³/mol. The summed E-state index contributed by atoms with van der Waals surface area (Å²) in [7, 11) is 0.428. The van der Waals surface area contributed by atoms with E-state index in [1.165, 1.54) is 0 Å². The summed E-state index contributed by atoms with van der Waals surface area (Å²) < 4.78 is 37.6. The fourth-order valence-electron chi connectivity index (χ4n) is 2.83. The first-order valence-electron chi connectivity index (χ1n) is 10.3. The Morgan fingerprint density at radius 1 is 1.28 bits per heavy atom. The third kappa shape index (κ3) is 15.3. The molecule has 1 unspecified atom stereocenters. The van der Waals surface area contributed by atoms with Crippen LogP contribution < -0.4 is 15.4 Å². The van der Waals surface area contributed by atoms with E-state index in [-0.39, 0.29) is 35.8 Å². The largest absolute Gasteiger partial charge is 0.385 e. The number of rotatable bonds is 14. The van der Waals surface area contributed by atoms with Crippen LogP contribution in [0.25, 0.3) is 0 Å². The van der Waals surface area contributed by atoms with Crippen molar-refractivity contribution in [3.63, 3.8) is 0 Å². The van der Waals surface area contributed by atoms with Crippen LogP contribution in [0.1, 0.15) is 32.6 Å². The molecule has 1 saturated heterocycles. The van der Waals surface area contributed by atoms with Crippen LogP contribution in [0, 0.1) is 0 Å². The minimum atomic E-state index is -3.33. The van der Waals surface area contributed by atoms with Gasteiger partial charge in [-0.1, -0.05) is 0 Å². The first-order valence-corrected chi connectivity index (χ1v) is 11.9. The van der Waals surface area contributed by atoms with E-state index in [1.807, 2.05) is 6.92 Å². The molecule has 0 aliphatic carbocycles. The summed E-state index contributed by atoms with van der Waals surface area (Å²) in [4.78, 5) is 6.71. The van der Waals surface area contributed by atoms with Crippen molar-refractivity contribution in [3.05, 3.63) is 0 Å². The van der Waals surface area contributed by atoms with Gasteiger partial charge in [-0.05, 0) is 39.7 Å². The minimum absolute atomic E-state index is 0. The molecule has 1 fully saturated rings. The molecule has 0 aromatic carbocycles. The lowest BCUT2D eigenvalue weighted by atomic mass is 10.1. The molecule has 0 amide bonds. The minimum Gasteiger partial charge on any atom is -0.385 e. The number of nitrogens with one attached hydrogen (secondary N) is 3. The van der Waals surface area contributed by atoms with Crippen molar-refractivity contribution in [2.45, 2.75) is 38.7 Å². The van der Waals surface area contributed by atoms with E-state index >= 15 is 0 Å². The zero-order valence-corrected chi connectivity index (χ0v) is 21.3. The summed E-state index contributed by atoms with van der Waals surface area (Å²) in [6.07, 6.45) is 4.06. The summed E-state index contributed by atoms with van der Waals surface area (Å²) in [5.74, 6) is 0.639. The van der Waals surface area contributed by atoms with E-state index in [4.69, 9.17) is 9.47 Å². The van der Waals surface area contributed by atoms with Crippen molar-refractivity contribution in [1.82, 2.24) is 20.3 Å². The van der Waals surface area contributed by atoms with Crippen molar-refractivity contribution < 1.29 is 17.9 Å². The van der Waals surface area contributed by atoms with Gasteiger partial charge in [0.05, 0.1) is 18.4 Å². The molecule has 29 heavy (non-hydrogen) atoms. The molecule has 1 atom stereocenters. The molecule has 0 spiro atoms. The summed E-state index contributed by atoms with van der Waals surface area (Å²) in [5, 5.41) is 6.23. The van der Waals surface area contributed by atoms with E-state index in [1.54, 1.807) is 7.11 Å². The van der Waals surface area contributed by atoms with Gasteiger partial charge in [-0.25, -0.2) is 13.1 Å². The molecule has 11 heteroatoms. The van der Waals surface area contributed by atoms with Gasteiger partial charge < -0.3 is 25.0 Å². The average molecular weight is 550 g/mol. The number of likely N-dealkylation sites (N-methyl/N-ethyl adjacent to an activating group) is 1. The Hall–Kier alpha value is -0.210. The van der Waals surface area contributed by atoms with Crippen LogP contribution in [-0.2, 0) is 19.5 Å². The second kappa shape index (κ2) is 17.5. The van der Waals surface area contributed by atoms with E-state index in [9.17, 15) is 8.42 Å². The molecule has 1 heterocycles. The molecule has 0 aromatic heterocycles. The van der Waals surface area contributed by atoms with E-state index in [2.05, 4.69) is 32.3 Å². The van der Waals surface area contributed by atoms with E-state index in [0.717, 1.165) is 58.5 Å². The van der Waals surface area contributed by atoms with Crippen LogP contribution in [0.15, 0.2) is 4.99 Å². The summed E-state index contributed by atoms with van der Waals surface area (Å²) >= 11 is 0. The van der Waals surface area contributed by atoms with Crippen LogP contribution >= 0.6 is 24.0 Å². The molecule has 9 nitrogen and oxygen atoms in total. The molecule has 1 aliphatic heterocycles. The molecule has 1 rings (SSSR count). The molecular formula is C18H40IN5O4S. The van der Waals surface area contributed by atoms with Gasteiger partial charge >= 0.3 is 0 Å². The Bertz CT molecular complexity index is 530. The Balaban J connectivity index is 0.00000784. The lowest BCUT2D eigenvalue weighted by molar-refractivity contribution is 0.0200. The quantitative estimate of drug-likeness (QED) is 0.126. The highest BCUT2D eigenvalue weighted by Gasteiger charge is 2.17. The van der Waals surface area contributed by atoms with E-state index in [0.29, 0.717) is 25.6 Å². The standard InChI is InChI=1S/C18H39N5O4S.HI/c1-4-19-18(20-9-12-23(2)11-7-13-26-3)21-10-15-28(24,25)22-16-17-8-5-6-14-27-17;/h17,22H,4-16H2,1-3H3,(H2,19,20,21);1H. The van der Waals surface area contributed by atoms with Crippen molar-refractivity contribution >= 4 is 40.0 Å². The first-order chi connectivity index (χ1) is 13.5. The maximum atomic E-state index is 12.2. The fourth-order valence-corrected chi connectivity index (χ4v) is 3.78. The van der Waals surface area contributed by atoms with Gasteiger partial charge in [-0.3, -0.25) is 4.99 Å². The maximum Gasteiger partial charge on any atom is 0.213 e. The fraction of sp³-hybridized carbons (Fsp3) is 0.944.